The maximum atomic E-state index is 5.56. The number of anilines is 2. The van der Waals surface area contributed by atoms with Crippen molar-refractivity contribution in [2.24, 2.45) is 5.73 Å². The number of nitrogens with two attached hydrogens (primary N) is 1. The Morgan fingerprint density at radius 1 is 1.33 bits per heavy atom. The Morgan fingerprint density at radius 3 is 2.78 bits per heavy atom. The molecule has 0 aliphatic heterocycles. The molecular weight excluding hydrogens is 248 g/mol. The smallest absolute Gasteiger partial charge is 0.213 e. The summed E-state index contributed by atoms with van der Waals surface area (Å²) in [4.78, 5) is 8.60. The molecule has 0 radical (unpaired) electrons. The summed E-state index contributed by atoms with van der Waals surface area (Å²) < 4.78 is 4.98. The van der Waals surface area contributed by atoms with E-state index in [1.54, 1.807) is 37.7 Å². The summed E-state index contributed by atoms with van der Waals surface area (Å²) in [5.41, 5.74) is 7.14. The van der Waals surface area contributed by atoms with Crippen molar-refractivity contribution in [3.63, 3.8) is 0 Å². The highest BCUT2D eigenvalue weighted by Crippen LogP contribution is 2.16. The van der Waals surface area contributed by atoms with Gasteiger partial charge in [0, 0.05) is 17.8 Å². The van der Waals surface area contributed by atoms with E-state index in [1.807, 2.05) is 6.07 Å². The maximum Gasteiger partial charge on any atom is 0.213 e. The lowest BCUT2D eigenvalue weighted by Gasteiger charge is -2.07. The summed E-state index contributed by atoms with van der Waals surface area (Å²) in [5, 5.41) is 3.11. The largest absolute Gasteiger partial charge is 0.481 e. The van der Waals surface area contributed by atoms with Gasteiger partial charge in [0.25, 0.3) is 0 Å². The van der Waals surface area contributed by atoms with E-state index < -0.39 is 0 Å². The van der Waals surface area contributed by atoms with Gasteiger partial charge in [0.1, 0.15) is 10.8 Å². The van der Waals surface area contributed by atoms with Crippen LogP contribution in [0.25, 0.3) is 0 Å². The second-order valence-corrected chi connectivity index (χ2v) is 3.95. The van der Waals surface area contributed by atoms with Crippen LogP contribution in [0.2, 0.25) is 0 Å². The first-order chi connectivity index (χ1) is 8.69. The molecule has 2 aromatic heterocycles. The zero-order valence-corrected chi connectivity index (χ0v) is 10.6. The zero-order valence-electron chi connectivity index (χ0n) is 9.75. The molecule has 3 N–H and O–H groups in total. The molecular formula is C12H12N4OS. The average Bonchev–Trinajstić information content (AvgIpc) is 2.40. The maximum absolute atomic E-state index is 5.56. The van der Waals surface area contributed by atoms with Crippen LogP contribution in [0.3, 0.4) is 0 Å². The van der Waals surface area contributed by atoms with Gasteiger partial charge in [-0.3, -0.25) is 0 Å². The molecule has 0 aliphatic carbocycles. The monoisotopic (exact) mass is 260 g/mol. The number of nitrogens with zero attached hydrogens (tertiary/aromatic N) is 2. The topological polar surface area (TPSA) is 73.1 Å². The van der Waals surface area contributed by atoms with E-state index in [2.05, 4.69) is 15.3 Å². The van der Waals surface area contributed by atoms with Gasteiger partial charge in [0.2, 0.25) is 5.88 Å². The molecule has 0 bridgehead atoms. The molecule has 0 aliphatic rings. The standard InChI is InChI=1S/C12H12N4OS/c1-17-11-3-2-9(7-15-11)16-10-6-8(12(13)18)4-5-14-10/h2-7H,1H3,(H2,13,18)(H,14,16). The predicted molar refractivity (Wildman–Crippen MR) is 74.2 cm³/mol. The number of pyridine rings is 2. The fraction of sp³-hybridized carbons (Fsp3) is 0.0833. The summed E-state index contributed by atoms with van der Waals surface area (Å²) >= 11 is 4.91. The minimum absolute atomic E-state index is 0.341. The lowest BCUT2D eigenvalue weighted by atomic mass is 10.2. The summed E-state index contributed by atoms with van der Waals surface area (Å²) in [6.45, 7) is 0. The third kappa shape index (κ3) is 2.92. The van der Waals surface area contributed by atoms with Crippen molar-refractivity contribution in [2.75, 3.05) is 12.4 Å². The first-order valence-electron chi connectivity index (χ1n) is 5.22. The van der Waals surface area contributed by atoms with Gasteiger partial charge in [-0.1, -0.05) is 12.2 Å². The van der Waals surface area contributed by atoms with Gasteiger partial charge >= 0.3 is 0 Å². The van der Waals surface area contributed by atoms with Gasteiger partial charge in [-0.05, 0) is 18.2 Å². The first kappa shape index (κ1) is 12.3. The normalized spacial score (nSPS) is 9.83. The Bertz CT molecular complexity index is 556. The van der Waals surface area contributed by atoms with E-state index in [0.717, 1.165) is 11.3 Å². The molecule has 0 aromatic carbocycles. The Morgan fingerprint density at radius 2 is 2.17 bits per heavy atom. The summed E-state index contributed by atoms with van der Waals surface area (Å²) in [6, 6.07) is 7.16. The van der Waals surface area contributed by atoms with E-state index in [1.165, 1.54) is 0 Å². The highest BCUT2D eigenvalue weighted by atomic mass is 32.1. The van der Waals surface area contributed by atoms with Crippen molar-refractivity contribution in [3.05, 3.63) is 42.2 Å². The van der Waals surface area contributed by atoms with Crippen LogP contribution >= 0.6 is 12.2 Å². The minimum Gasteiger partial charge on any atom is -0.481 e. The van der Waals surface area contributed by atoms with Crippen LogP contribution in [0, 0.1) is 0 Å². The highest BCUT2D eigenvalue weighted by molar-refractivity contribution is 7.80. The SMILES string of the molecule is COc1ccc(Nc2cc(C(N)=S)ccn2)cn1. The van der Waals surface area contributed by atoms with Gasteiger partial charge in [-0.2, -0.15) is 0 Å². The molecule has 0 unspecified atom stereocenters. The van der Waals surface area contributed by atoms with E-state index in [-0.39, 0.29) is 0 Å². The van der Waals surface area contributed by atoms with Crippen LogP contribution in [0.4, 0.5) is 11.5 Å². The van der Waals surface area contributed by atoms with Crippen LogP contribution in [-0.2, 0) is 0 Å². The number of thiocarbonyl (C=S) groups is 1. The number of methoxy groups -OCH3 is 1. The van der Waals surface area contributed by atoms with Crippen molar-refractivity contribution >= 4 is 28.7 Å². The van der Waals surface area contributed by atoms with Crippen molar-refractivity contribution in [2.45, 2.75) is 0 Å². The lowest BCUT2D eigenvalue weighted by Crippen LogP contribution is -2.09. The molecule has 2 aromatic rings. The Hall–Kier alpha value is -2.21. The van der Waals surface area contributed by atoms with Gasteiger partial charge in [-0.25, -0.2) is 9.97 Å². The lowest BCUT2D eigenvalue weighted by molar-refractivity contribution is 0.398. The minimum atomic E-state index is 0.341. The molecule has 92 valence electrons. The molecule has 2 rings (SSSR count). The second kappa shape index (κ2) is 5.42. The van der Waals surface area contributed by atoms with Crippen molar-refractivity contribution < 1.29 is 4.74 Å². The first-order valence-corrected chi connectivity index (χ1v) is 5.63. The molecule has 2 heterocycles. The molecule has 0 saturated heterocycles. The Balaban J connectivity index is 2.17. The van der Waals surface area contributed by atoms with Gasteiger partial charge < -0.3 is 15.8 Å². The molecule has 5 nitrogen and oxygen atoms in total. The van der Waals surface area contributed by atoms with Crippen molar-refractivity contribution in [1.82, 2.24) is 9.97 Å². The number of aromatic nitrogens is 2. The van der Waals surface area contributed by atoms with E-state index in [9.17, 15) is 0 Å². The van der Waals surface area contributed by atoms with Crippen molar-refractivity contribution in [3.8, 4) is 5.88 Å². The predicted octanol–water partition coefficient (Wildman–Crippen LogP) is 1.86. The number of hydrogen-bond donors (Lipinski definition) is 2. The van der Waals surface area contributed by atoms with Gasteiger partial charge in [0.15, 0.2) is 0 Å². The number of ether oxygens (including phenoxy) is 1. The quantitative estimate of drug-likeness (QED) is 0.817. The number of rotatable bonds is 4. The third-order valence-electron chi connectivity index (χ3n) is 2.26. The molecule has 18 heavy (non-hydrogen) atoms. The summed E-state index contributed by atoms with van der Waals surface area (Å²) in [5.74, 6) is 1.22. The van der Waals surface area contributed by atoms with Crippen LogP contribution in [0.15, 0.2) is 36.7 Å². The zero-order chi connectivity index (χ0) is 13.0. The van der Waals surface area contributed by atoms with Crippen LogP contribution in [0.1, 0.15) is 5.56 Å². The van der Waals surface area contributed by atoms with Gasteiger partial charge in [0.05, 0.1) is 19.0 Å². The average molecular weight is 260 g/mol. The van der Waals surface area contributed by atoms with Crippen molar-refractivity contribution in [1.29, 1.82) is 0 Å². The van der Waals surface area contributed by atoms with Gasteiger partial charge in [-0.15, -0.1) is 0 Å². The molecule has 0 spiro atoms. The van der Waals surface area contributed by atoms with Crippen LogP contribution < -0.4 is 15.8 Å². The number of nitrogens with one attached hydrogen (secondary N) is 1. The molecule has 0 saturated carbocycles. The molecule has 0 atom stereocenters. The fourth-order valence-electron chi connectivity index (χ4n) is 1.38. The molecule has 6 heteroatoms. The second-order valence-electron chi connectivity index (χ2n) is 3.51. The highest BCUT2D eigenvalue weighted by Gasteiger charge is 2.01. The van der Waals surface area contributed by atoms with E-state index in [4.69, 9.17) is 22.7 Å². The Kier molecular flexibility index (Phi) is 3.69. The third-order valence-corrected chi connectivity index (χ3v) is 2.50. The molecule has 0 amide bonds. The summed E-state index contributed by atoms with van der Waals surface area (Å²) in [7, 11) is 1.57. The molecule has 0 fully saturated rings. The van der Waals surface area contributed by atoms with Crippen LogP contribution in [-0.4, -0.2) is 22.1 Å². The van der Waals surface area contributed by atoms with E-state index in [0.29, 0.717) is 16.7 Å². The Labute approximate surface area is 110 Å². The fourth-order valence-corrected chi connectivity index (χ4v) is 1.50. The van der Waals surface area contributed by atoms with E-state index >= 15 is 0 Å². The van der Waals surface area contributed by atoms with Crippen LogP contribution in [0.5, 0.6) is 5.88 Å². The number of hydrogen-bond acceptors (Lipinski definition) is 5. The summed E-state index contributed by atoms with van der Waals surface area (Å²) in [6.07, 6.45) is 3.31.